The topological polar surface area (TPSA) is 35.5 Å². The average molecular weight is 407 g/mol. The molecule has 0 aromatic carbocycles. The summed E-state index contributed by atoms with van der Waals surface area (Å²) in [4.78, 5) is 2.65. The highest BCUT2D eigenvalue weighted by molar-refractivity contribution is 6.22. The van der Waals surface area contributed by atoms with Gasteiger partial charge in [-0.25, -0.2) is 0 Å². The Morgan fingerprint density at radius 1 is 1.21 bits per heavy atom. The van der Waals surface area contributed by atoms with E-state index in [4.69, 9.17) is 11.6 Å². The van der Waals surface area contributed by atoms with Crippen molar-refractivity contribution >= 4 is 11.6 Å². The number of aliphatic hydroxyl groups is 1. The summed E-state index contributed by atoms with van der Waals surface area (Å²) >= 11 is 6.17. The summed E-state index contributed by atoms with van der Waals surface area (Å²) in [5.74, 6) is 1.88. The molecule has 1 saturated heterocycles. The molecule has 0 amide bonds. The predicted molar refractivity (Wildman–Crippen MR) is 120 cm³/mol. The number of alkyl halides is 1. The number of hydrogen-bond acceptors (Lipinski definition) is 3. The lowest BCUT2D eigenvalue weighted by Gasteiger charge is -2.36. The molecule has 4 atom stereocenters. The van der Waals surface area contributed by atoms with Crippen molar-refractivity contribution in [1.29, 1.82) is 0 Å². The Balaban J connectivity index is 1.39. The number of halogens is 1. The van der Waals surface area contributed by atoms with Crippen molar-refractivity contribution in [2.75, 3.05) is 26.2 Å². The van der Waals surface area contributed by atoms with E-state index in [1.807, 2.05) is 0 Å². The zero-order valence-electron chi connectivity index (χ0n) is 17.7. The fraction of sp³-hybridized carbons (Fsp3) is 0.750. The van der Waals surface area contributed by atoms with E-state index in [9.17, 15) is 5.11 Å². The summed E-state index contributed by atoms with van der Waals surface area (Å²) in [5, 5.41) is 13.8. The van der Waals surface area contributed by atoms with Gasteiger partial charge >= 0.3 is 0 Å². The predicted octanol–water partition coefficient (Wildman–Crippen LogP) is 4.52. The van der Waals surface area contributed by atoms with Crippen LogP contribution in [-0.2, 0) is 0 Å². The highest BCUT2D eigenvalue weighted by atomic mass is 35.5. The van der Waals surface area contributed by atoms with Crippen LogP contribution in [0, 0.1) is 17.8 Å². The number of allylic oxidation sites excluding steroid dienone is 5. The molecule has 4 heteroatoms. The molecular formula is C24H39ClN2O. The van der Waals surface area contributed by atoms with Gasteiger partial charge in [-0.05, 0) is 81.5 Å². The van der Waals surface area contributed by atoms with Gasteiger partial charge in [0.15, 0.2) is 0 Å². The number of rotatable bonds is 8. The van der Waals surface area contributed by atoms with Gasteiger partial charge in [0.25, 0.3) is 0 Å². The van der Waals surface area contributed by atoms with Crippen LogP contribution in [0.5, 0.6) is 0 Å². The third-order valence-corrected chi connectivity index (χ3v) is 7.03. The first-order chi connectivity index (χ1) is 13.5. The fourth-order valence-corrected chi connectivity index (χ4v) is 4.93. The van der Waals surface area contributed by atoms with Crippen LogP contribution in [0.2, 0.25) is 0 Å². The molecule has 0 spiro atoms. The number of likely N-dealkylation sites (tertiary alicyclic amines) is 1. The van der Waals surface area contributed by atoms with Crippen molar-refractivity contribution in [3.8, 4) is 0 Å². The summed E-state index contributed by atoms with van der Waals surface area (Å²) in [7, 11) is 0. The van der Waals surface area contributed by atoms with Crippen LogP contribution in [0.1, 0.15) is 52.4 Å². The number of piperidine rings is 1. The molecule has 2 aliphatic carbocycles. The molecule has 28 heavy (non-hydrogen) atoms. The first-order valence-corrected chi connectivity index (χ1v) is 11.8. The molecule has 0 saturated carbocycles. The van der Waals surface area contributed by atoms with Gasteiger partial charge in [0.2, 0.25) is 0 Å². The van der Waals surface area contributed by atoms with Gasteiger partial charge in [0.1, 0.15) is 0 Å². The van der Waals surface area contributed by atoms with Crippen molar-refractivity contribution in [3.63, 3.8) is 0 Å². The molecule has 0 radical (unpaired) electrons. The first-order valence-electron chi connectivity index (χ1n) is 11.3. The van der Waals surface area contributed by atoms with E-state index in [2.05, 4.69) is 54.4 Å². The van der Waals surface area contributed by atoms with E-state index < -0.39 is 0 Å². The molecule has 1 heterocycles. The molecule has 1 fully saturated rings. The minimum absolute atomic E-state index is 0.137. The molecule has 3 nitrogen and oxygen atoms in total. The van der Waals surface area contributed by atoms with Crippen LogP contribution in [-0.4, -0.2) is 53.7 Å². The van der Waals surface area contributed by atoms with Crippen LogP contribution in [0.25, 0.3) is 0 Å². The Bertz CT molecular complexity index is 563. The molecule has 0 bridgehead atoms. The number of aliphatic hydroxyl groups excluding tert-OH is 1. The fourth-order valence-electron chi connectivity index (χ4n) is 4.77. The highest BCUT2D eigenvalue weighted by Gasteiger charge is 2.25. The summed E-state index contributed by atoms with van der Waals surface area (Å²) in [6.07, 6.45) is 17.5. The monoisotopic (exact) mass is 406 g/mol. The smallest absolute Gasteiger partial charge is 0.0580 e. The summed E-state index contributed by atoms with van der Waals surface area (Å²) in [6.45, 7) is 9.24. The minimum Gasteiger partial charge on any atom is -0.393 e. The van der Waals surface area contributed by atoms with Crippen LogP contribution in [0.3, 0.4) is 0 Å². The minimum atomic E-state index is -0.137. The van der Waals surface area contributed by atoms with Gasteiger partial charge in [0.05, 0.1) is 11.5 Å². The standard InChI is InChI=1S/C24H39ClN2O/c1-18(2)24(26-13-10-19-4-3-5-23(28)16-19)17-27-14-11-21(12-15-27)20-6-8-22(25)9-7-20/h3-4,6-8,18-19,21-24,26,28H,5,9-17H2,1-2H3/t19?,22?,23?,24-/m0/s1. The Labute approximate surface area is 176 Å². The molecule has 3 rings (SSSR count). The van der Waals surface area contributed by atoms with Gasteiger partial charge in [-0.2, -0.15) is 0 Å². The Kier molecular flexibility index (Phi) is 8.65. The van der Waals surface area contributed by atoms with Crippen molar-refractivity contribution in [3.05, 3.63) is 36.0 Å². The molecule has 1 aliphatic heterocycles. The van der Waals surface area contributed by atoms with Crippen molar-refractivity contribution < 1.29 is 5.11 Å². The highest BCUT2D eigenvalue weighted by Crippen LogP contribution is 2.29. The van der Waals surface area contributed by atoms with E-state index in [0.717, 1.165) is 38.8 Å². The largest absolute Gasteiger partial charge is 0.393 e. The van der Waals surface area contributed by atoms with E-state index in [-0.39, 0.29) is 11.5 Å². The Morgan fingerprint density at radius 2 is 2.00 bits per heavy atom. The lowest BCUT2D eigenvalue weighted by atomic mass is 9.86. The molecule has 0 aromatic heterocycles. The van der Waals surface area contributed by atoms with Gasteiger partial charge in [0, 0.05) is 12.6 Å². The van der Waals surface area contributed by atoms with Crippen molar-refractivity contribution in [2.24, 2.45) is 17.8 Å². The van der Waals surface area contributed by atoms with Gasteiger partial charge in [-0.15, -0.1) is 11.6 Å². The van der Waals surface area contributed by atoms with Crippen molar-refractivity contribution in [2.45, 2.75) is 69.9 Å². The zero-order valence-corrected chi connectivity index (χ0v) is 18.5. The first kappa shape index (κ1) is 22.1. The van der Waals surface area contributed by atoms with Gasteiger partial charge in [-0.1, -0.05) is 44.2 Å². The Morgan fingerprint density at radius 3 is 2.64 bits per heavy atom. The molecule has 3 unspecified atom stereocenters. The lowest BCUT2D eigenvalue weighted by Crippen LogP contribution is -2.47. The molecular weight excluding hydrogens is 368 g/mol. The second-order valence-corrected chi connectivity index (χ2v) is 9.86. The molecule has 2 N–H and O–H groups in total. The maximum Gasteiger partial charge on any atom is 0.0580 e. The van der Waals surface area contributed by atoms with E-state index in [1.165, 1.54) is 31.5 Å². The van der Waals surface area contributed by atoms with E-state index in [1.54, 1.807) is 0 Å². The number of nitrogens with zero attached hydrogens (tertiary/aromatic N) is 1. The normalized spacial score (nSPS) is 30.6. The number of nitrogens with one attached hydrogen (secondary N) is 1. The quantitative estimate of drug-likeness (QED) is 0.459. The third kappa shape index (κ3) is 6.73. The van der Waals surface area contributed by atoms with Crippen LogP contribution in [0.4, 0.5) is 0 Å². The SMILES string of the molecule is CC(C)[C@H](CN1CCC(C2=CCC(Cl)C=C2)CC1)NCCC1C=CCC(O)C1. The molecule has 3 aliphatic rings. The van der Waals surface area contributed by atoms with Crippen LogP contribution < -0.4 is 5.32 Å². The summed E-state index contributed by atoms with van der Waals surface area (Å²) in [5.41, 5.74) is 1.51. The second-order valence-electron chi connectivity index (χ2n) is 9.30. The second kappa shape index (κ2) is 11.0. The molecule has 0 aromatic rings. The maximum absolute atomic E-state index is 9.83. The lowest BCUT2D eigenvalue weighted by molar-refractivity contribution is 0.142. The molecule has 158 valence electrons. The average Bonchev–Trinajstić information content (AvgIpc) is 2.68. The van der Waals surface area contributed by atoms with Gasteiger partial charge in [-0.3, -0.25) is 0 Å². The number of hydrogen-bond donors (Lipinski definition) is 2. The zero-order chi connectivity index (χ0) is 19.9. The van der Waals surface area contributed by atoms with E-state index in [0.29, 0.717) is 23.8 Å². The maximum atomic E-state index is 9.83. The van der Waals surface area contributed by atoms with Crippen LogP contribution >= 0.6 is 11.6 Å². The summed E-state index contributed by atoms with van der Waals surface area (Å²) < 4.78 is 0. The summed E-state index contributed by atoms with van der Waals surface area (Å²) in [6, 6.07) is 0.542. The Hall–Kier alpha value is -0.610. The van der Waals surface area contributed by atoms with Crippen molar-refractivity contribution in [1.82, 2.24) is 10.2 Å². The van der Waals surface area contributed by atoms with Gasteiger partial charge < -0.3 is 15.3 Å². The van der Waals surface area contributed by atoms with E-state index >= 15 is 0 Å². The third-order valence-electron chi connectivity index (χ3n) is 6.71. The van der Waals surface area contributed by atoms with Crippen LogP contribution in [0.15, 0.2) is 36.0 Å².